The van der Waals surface area contributed by atoms with Crippen LogP contribution in [0, 0.1) is 0 Å². The van der Waals surface area contributed by atoms with Gasteiger partial charge in [-0.3, -0.25) is 9.59 Å². The average Bonchev–Trinajstić information content (AvgIpc) is 2.97. The van der Waals surface area contributed by atoms with Crippen molar-refractivity contribution < 1.29 is 23.8 Å². The predicted molar refractivity (Wildman–Crippen MR) is 187 cm³/mol. The number of anilines is 2. The maximum Gasteiger partial charge on any atom is 0.262 e. The van der Waals surface area contributed by atoms with E-state index in [2.05, 4.69) is 84.0 Å². The first-order chi connectivity index (χ1) is 21.2. The van der Waals surface area contributed by atoms with Gasteiger partial charge in [-0.2, -0.15) is 0 Å². The van der Waals surface area contributed by atoms with Crippen molar-refractivity contribution in [2.24, 2.45) is 0 Å². The molecule has 0 bridgehead atoms. The Kier molecular flexibility index (Phi) is 11.0. The Labute approximate surface area is 281 Å². The SMILES string of the molecule is CC(C)(C)c1cc(Br)ccc1OCC(=O)Nc1ccc(Oc2ccc(NC(=O)COc3ccc(Br)cc3C(C)(C)C)cc2)cc1. The fourth-order valence-corrected chi connectivity index (χ4v) is 5.18. The van der Waals surface area contributed by atoms with Crippen LogP contribution in [0.15, 0.2) is 93.9 Å². The summed E-state index contributed by atoms with van der Waals surface area (Å²) in [6.45, 7) is 12.4. The fraction of sp³-hybridized carbons (Fsp3) is 0.278. The third kappa shape index (κ3) is 10.1. The minimum absolute atomic E-state index is 0.111. The highest BCUT2D eigenvalue weighted by Gasteiger charge is 2.21. The molecule has 0 spiro atoms. The van der Waals surface area contributed by atoms with Gasteiger partial charge in [0.25, 0.3) is 11.8 Å². The van der Waals surface area contributed by atoms with E-state index < -0.39 is 0 Å². The normalized spacial score (nSPS) is 11.5. The number of carbonyl (C=O) groups excluding carboxylic acids is 2. The van der Waals surface area contributed by atoms with E-state index in [0.29, 0.717) is 34.4 Å². The van der Waals surface area contributed by atoms with Crippen LogP contribution in [0.4, 0.5) is 11.4 Å². The van der Waals surface area contributed by atoms with Crippen molar-refractivity contribution in [2.45, 2.75) is 52.4 Å². The molecule has 4 rings (SSSR count). The molecule has 2 amide bonds. The number of halogens is 2. The topological polar surface area (TPSA) is 85.9 Å². The number of ether oxygens (including phenoxy) is 3. The van der Waals surface area contributed by atoms with Crippen LogP contribution in [0.2, 0.25) is 0 Å². The van der Waals surface area contributed by atoms with Crippen molar-refractivity contribution in [1.29, 1.82) is 0 Å². The monoisotopic (exact) mass is 736 g/mol. The molecule has 0 fully saturated rings. The van der Waals surface area contributed by atoms with E-state index in [4.69, 9.17) is 14.2 Å². The summed E-state index contributed by atoms with van der Waals surface area (Å²) in [6.07, 6.45) is 0. The van der Waals surface area contributed by atoms with Crippen LogP contribution in [0.3, 0.4) is 0 Å². The van der Waals surface area contributed by atoms with Gasteiger partial charge in [0.05, 0.1) is 0 Å². The van der Waals surface area contributed by atoms with Gasteiger partial charge >= 0.3 is 0 Å². The number of hydrogen-bond donors (Lipinski definition) is 2. The molecule has 4 aromatic carbocycles. The van der Waals surface area contributed by atoms with Crippen molar-refractivity contribution >= 4 is 55.0 Å². The zero-order valence-electron chi connectivity index (χ0n) is 26.3. The molecular formula is C36H38Br2N2O5. The second-order valence-corrected chi connectivity index (χ2v) is 14.4. The number of amides is 2. The summed E-state index contributed by atoms with van der Waals surface area (Å²) in [6, 6.07) is 25.7. The largest absolute Gasteiger partial charge is 0.483 e. The molecule has 0 heterocycles. The van der Waals surface area contributed by atoms with E-state index in [1.165, 1.54) is 0 Å². The standard InChI is InChI=1S/C36H38Br2N2O5/c1-35(2,3)29-19-23(37)7-17-31(29)43-21-33(41)39-25-9-13-27(14-10-25)45-28-15-11-26(12-16-28)40-34(42)22-44-32-18-8-24(38)20-30(32)36(4,5)6/h7-20H,21-22H2,1-6H3,(H,39,41)(H,40,42). The summed E-state index contributed by atoms with van der Waals surface area (Å²) in [5.41, 5.74) is 3.02. The maximum atomic E-state index is 12.6. The molecule has 4 aromatic rings. The molecule has 2 N–H and O–H groups in total. The highest BCUT2D eigenvalue weighted by Crippen LogP contribution is 2.35. The van der Waals surface area contributed by atoms with Crippen molar-refractivity contribution in [3.63, 3.8) is 0 Å². The van der Waals surface area contributed by atoms with Gasteiger partial charge in [0.15, 0.2) is 13.2 Å². The van der Waals surface area contributed by atoms with E-state index in [-0.39, 0.29) is 35.9 Å². The average molecular weight is 739 g/mol. The van der Waals surface area contributed by atoms with Crippen LogP contribution in [-0.2, 0) is 20.4 Å². The molecule has 0 aliphatic rings. The second-order valence-electron chi connectivity index (χ2n) is 12.6. The molecular weight excluding hydrogens is 700 g/mol. The molecule has 0 aliphatic heterocycles. The van der Waals surface area contributed by atoms with Gasteiger partial charge in [-0.15, -0.1) is 0 Å². The van der Waals surface area contributed by atoms with Crippen LogP contribution in [-0.4, -0.2) is 25.0 Å². The van der Waals surface area contributed by atoms with Gasteiger partial charge in [0.1, 0.15) is 23.0 Å². The van der Waals surface area contributed by atoms with Crippen LogP contribution in [0.25, 0.3) is 0 Å². The molecule has 0 radical (unpaired) electrons. The zero-order valence-corrected chi connectivity index (χ0v) is 29.5. The van der Waals surface area contributed by atoms with Crippen molar-refractivity contribution in [3.05, 3.63) is 105 Å². The molecule has 0 saturated heterocycles. The van der Waals surface area contributed by atoms with Crippen molar-refractivity contribution in [1.82, 2.24) is 0 Å². The molecule has 0 atom stereocenters. The molecule has 0 aliphatic carbocycles. The lowest BCUT2D eigenvalue weighted by atomic mass is 9.86. The van der Waals surface area contributed by atoms with Crippen LogP contribution in [0.1, 0.15) is 52.7 Å². The Hall–Kier alpha value is -3.82. The molecule has 0 unspecified atom stereocenters. The highest BCUT2D eigenvalue weighted by atomic mass is 79.9. The minimum atomic E-state index is -0.263. The van der Waals surface area contributed by atoms with Gasteiger partial charge in [-0.25, -0.2) is 0 Å². The Morgan fingerprint density at radius 1 is 0.578 bits per heavy atom. The van der Waals surface area contributed by atoms with Gasteiger partial charge in [0.2, 0.25) is 0 Å². The lowest BCUT2D eigenvalue weighted by Crippen LogP contribution is -2.22. The van der Waals surface area contributed by atoms with E-state index in [9.17, 15) is 9.59 Å². The van der Waals surface area contributed by atoms with E-state index in [0.717, 1.165) is 20.1 Å². The molecule has 7 nitrogen and oxygen atoms in total. The third-order valence-corrected chi connectivity index (χ3v) is 7.72. The Morgan fingerprint density at radius 2 is 0.933 bits per heavy atom. The van der Waals surface area contributed by atoms with Crippen molar-refractivity contribution in [3.8, 4) is 23.0 Å². The van der Waals surface area contributed by atoms with Gasteiger partial charge in [-0.05, 0) is 95.8 Å². The Balaban J connectivity index is 1.25. The van der Waals surface area contributed by atoms with Gasteiger partial charge < -0.3 is 24.8 Å². The third-order valence-electron chi connectivity index (χ3n) is 6.73. The van der Waals surface area contributed by atoms with Crippen LogP contribution < -0.4 is 24.8 Å². The molecule has 0 aromatic heterocycles. The lowest BCUT2D eigenvalue weighted by Gasteiger charge is -2.23. The number of carbonyl (C=O) groups is 2. The highest BCUT2D eigenvalue weighted by molar-refractivity contribution is 9.10. The lowest BCUT2D eigenvalue weighted by molar-refractivity contribution is -0.118. The summed E-state index contributed by atoms with van der Waals surface area (Å²) in [5, 5.41) is 5.70. The number of rotatable bonds is 10. The summed E-state index contributed by atoms with van der Waals surface area (Å²) in [5.74, 6) is 2.03. The van der Waals surface area contributed by atoms with Crippen LogP contribution in [0.5, 0.6) is 23.0 Å². The van der Waals surface area contributed by atoms with Crippen LogP contribution >= 0.6 is 31.9 Å². The minimum Gasteiger partial charge on any atom is -0.483 e. The first kappa shape index (κ1) is 34.1. The van der Waals surface area contributed by atoms with Gasteiger partial charge in [0, 0.05) is 31.4 Å². The van der Waals surface area contributed by atoms with E-state index in [1.807, 2.05) is 36.4 Å². The smallest absolute Gasteiger partial charge is 0.262 e. The second kappa shape index (κ2) is 14.5. The van der Waals surface area contributed by atoms with Gasteiger partial charge in [-0.1, -0.05) is 73.4 Å². The van der Waals surface area contributed by atoms with E-state index >= 15 is 0 Å². The quantitative estimate of drug-likeness (QED) is 0.169. The van der Waals surface area contributed by atoms with E-state index in [1.54, 1.807) is 48.5 Å². The van der Waals surface area contributed by atoms with Crippen molar-refractivity contribution in [2.75, 3.05) is 23.8 Å². The Bertz CT molecular complexity index is 1520. The number of hydrogen-bond acceptors (Lipinski definition) is 5. The molecule has 9 heteroatoms. The summed E-state index contributed by atoms with van der Waals surface area (Å²) in [7, 11) is 0. The molecule has 45 heavy (non-hydrogen) atoms. The first-order valence-electron chi connectivity index (χ1n) is 14.5. The predicted octanol–water partition coefficient (Wildman–Crippen LogP) is 9.63. The first-order valence-corrected chi connectivity index (χ1v) is 16.1. The number of benzene rings is 4. The molecule has 0 saturated carbocycles. The summed E-state index contributed by atoms with van der Waals surface area (Å²) in [4.78, 5) is 25.1. The maximum absolute atomic E-state index is 12.6. The fourth-order valence-electron chi connectivity index (χ4n) is 4.46. The Morgan fingerprint density at radius 3 is 1.27 bits per heavy atom. The number of nitrogens with one attached hydrogen (secondary N) is 2. The summed E-state index contributed by atoms with van der Waals surface area (Å²) >= 11 is 7.01. The zero-order chi connectivity index (χ0) is 32.8. The molecule has 236 valence electrons. The summed E-state index contributed by atoms with van der Waals surface area (Å²) < 4.78 is 19.6.